The maximum atomic E-state index is 9.13. The second-order valence-electron chi connectivity index (χ2n) is 4.85. The van der Waals surface area contributed by atoms with E-state index < -0.39 is 0 Å². The van der Waals surface area contributed by atoms with Crippen molar-refractivity contribution >= 4 is 11.3 Å². The summed E-state index contributed by atoms with van der Waals surface area (Å²) in [5.41, 5.74) is 1.27. The van der Waals surface area contributed by atoms with Gasteiger partial charge in [0.25, 0.3) is 0 Å². The highest BCUT2D eigenvalue weighted by molar-refractivity contribution is 7.11. The molecule has 88 valence electrons. The number of aliphatic hydroxyl groups is 1. The summed E-state index contributed by atoms with van der Waals surface area (Å²) in [7, 11) is 0. The van der Waals surface area contributed by atoms with E-state index in [0.29, 0.717) is 5.92 Å². The van der Waals surface area contributed by atoms with Gasteiger partial charge in [0.2, 0.25) is 0 Å². The van der Waals surface area contributed by atoms with Crippen molar-refractivity contribution in [2.24, 2.45) is 0 Å². The monoisotopic (exact) mass is 238 g/mol. The lowest BCUT2D eigenvalue weighted by Crippen LogP contribution is -2.25. The normalized spacial score (nSPS) is 24.4. The Morgan fingerprint density at radius 3 is 3.00 bits per heavy atom. The fourth-order valence-electron chi connectivity index (χ4n) is 2.42. The Hall–Kier alpha value is -0.450. The lowest BCUT2D eigenvalue weighted by Gasteiger charge is -2.21. The maximum Gasteiger partial charge on any atom is 0.119 e. The number of nitrogens with one attached hydrogen (secondary N) is 1. The summed E-state index contributed by atoms with van der Waals surface area (Å²) >= 11 is 1.70. The first kappa shape index (κ1) is 10.7. The van der Waals surface area contributed by atoms with Crippen LogP contribution in [0.4, 0.5) is 0 Å². The van der Waals surface area contributed by atoms with Gasteiger partial charge in [-0.2, -0.15) is 0 Å². The molecule has 3 nitrogen and oxygen atoms in total. The highest BCUT2D eigenvalue weighted by Gasteiger charge is 2.27. The van der Waals surface area contributed by atoms with E-state index in [-0.39, 0.29) is 6.61 Å². The second kappa shape index (κ2) is 4.43. The minimum Gasteiger partial charge on any atom is -0.389 e. The molecule has 0 saturated heterocycles. The highest BCUT2D eigenvalue weighted by Crippen LogP contribution is 2.35. The molecule has 4 heteroatoms. The number of nitrogens with zero attached hydrogens (tertiary/aromatic N) is 1. The van der Waals surface area contributed by atoms with Gasteiger partial charge < -0.3 is 10.4 Å². The quantitative estimate of drug-likeness (QED) is 0.841. The second-order valence-corrected chi connectivity index (χ2v) is 6.01. The summed E-state index contributed by atoms with van der Waals surface area (Å²) in [5, 5.41) is 13.6. The van der Waals surface area contributed by atoms with Gasteiger partial charge in [0, 0.05) is 23.4 Å². The zero-order valence-electron chi connectivity index (χ0n) is 9.41. The van der Waals surface area contributed by atoms with Gasteiger partial charge in [-0.05, 0) is 32.1 Å². The average molecular weight is 238 g/mol. The molecule has 2 N–H and O–H groups in total. The van der Waals surface area contributed by atoms with Crippen molar-refractivity contribution in [2.45, 2.75) is 50.7 Å². The van der Waals surface area contributed by atoms with Crippen LogP contribution >= 0.6 is 11.3 Å². The number of hydrogen-bond acceptors (Lipinski definition) is 4. The first-order valence-corrected chi connectivity index (χ1v) is 7.01. The Labute approximate surface area is 99.9 Å². The van der Waals surface area contributed by atoms with Crippen molar-refractivity contribution in [3.05, 3.63) is 15.6 Å². The smallest absolute Gasteiger partial charge is 0.119 e. The van der Waals surface area contributed by atoms with E-state index >= 15 is 0 Å². The number of aliphatic hydroxyl groups excluding tert-OH is 1. The Bertz CT molecular complexity index is 373. The Morgan fingerprint density at radius 1 is 1.38 bits per heavy atom. The molecular formula is C12H18N2OS. The maximum absolute atomic E-state index is 9.13. The average Bonchev–Trinajstić information content (AvgIpc) is 3.03. The van der Waals surface area contributed by atoms with Crippen LogP contribution in [0.2, 0.25) is 0 Å². The van der Waals surface area contributed by atoms with Crippen molar-refractivity contribution in [1.29, 1.82) is 0 Å². The van der Waals surface area contributed by atoms with Crippen LogP contribution in [0.3, 0.4) is 0 Å². The van der Waals surface area contributed by atoms with Crippen LogP contribution in [0.1, 0.15) is 47.2 Å². The molecule has 1 aromatic heterocycles. The first-order valence-electron chi connectivity index (χ1n) is 6.19. The van der Waals surface area contributed by atoms with Gasteiger partial charge in [0.15, 0.2) is 0 Å². The van der Waals surface area contributed by atoms with E-state index in [1.807, 2.05) is 0 Å². The highest BCUT2D eigenvalue weighted by atomic mass is 32.1. The van der Waals surface area contributed by atoms with Gasteiger partial charge in [0.1, 0.15) is 5.01 Å². The SMILES string of the molecule is OCc1nc2c(s1)CCCC2CNC1CC1. The lowest BCUT2D eigenvalue weighted by atomic mass is 9.91. The molecule has 0 aromatic carbocycles. The molecule has 0 bridgehead atoms. The van der Waals surface area contributed by atoms with Crippen molar-refractivity contribution < 1.29 is 5.11 Å². The molecule has 1 atom stereocenters. The molecule has 2 aliphatic rings. The van der Waals surface area contributed by atoms with Gasteiger partial charge in [-0.3, -0.25) is 0 Å². The van der Waals surface area contributed by atoms with Crippen LogP contribution < -0.4 is 5.32 Å². The Kier molecular flexibility index (Phi) is 2.96. The van der Waals surface area contributed by atoms with Gasteiger partial charge in [-0.1, -0.05) is 0 Å². The predicted molar refractivity (Wildman–Crippen MR) is 64.7 cm³/mol. The van der Waals surface area contributed by atoms with E-state index in [0.717, 1.165) is 24.0 Å². The van der Waals surface area contributed by atoms with Gasteiger partial charge in [-0.25, -0.2) is 4.98 Å². The number of fused-ring (bicyclic) bond motifs is 1. The van der Waals surface area contributed by atoms with Crippen molar-refractivity contribution in [3.8, 4) is 0 Å². The van der Waals surface area contributed by atoms with Crippen molar-refractivity contribution in [1.82, 2.24) is 10.3 Å². The number of aryl methyl sites for hydroxylation is 1. The summed E-state index contributed by atoms with van der Waals surface area (Å²) in [4.78, 5) is 5.99. The molecule has 0 radical (unpaired) electrons. The van der Waals surface area contributed by atoms with E-state index in [1.165, 1.54) is 36.3 Å². The molecule has 16 heavy (non-hydrogen) atoms. The first-order chi connectivity index (χ1) is 7.86. The van der Waals surface area contributed by atoms with E-state index in [4.69, 9.17) is 5.11 Å². The number of thiazole rings is 1. The molecule has 1 fully saturated rings. The molecule has 1 aromatic rings. The van der Waals surface area contributed by atoms with Crippen LogP contribution in [-0.4, -0.2) is 22.7 Å². The van der Waals surface area contributed by atoms with Crippen molar-refractivity contribution in [2.75, 3.05) is 6.54 Å². The topological polar surface area (TPSA) is 45.2 Å². The molecule has 1 heterocycles. The standard InChI is InChI=1S/C12H18N2OS/c15-7-11-14-12-8(6-13-9-4-5-9)2-1-3-10(12)16-11/h8-9,13,15H,1-7H2. The predicted octanol–water partition coefficient (Wildman–Crippen LogP) is 1.81. The molecule has 0 amide bonds. The number of hydrogen-bond donors (Lipinski definition) is 2. The van der Waals surface area contributed by atoms with Crippen molar-refractivity contribution in [3.63, 3.8) is 0 Å². The van der Waals surface area contributed by atoms with Gasteiger partial charge >= 0.3 is 0 Å². The molecule has 3 rings (SSSR count). The van der Waals surface area contributed by atoms with Crippen LogP contribution in [0.15, 0.2) is 0 Å². The van der Waals surface area contributed by atoms with Gasteiger partial charge in [-0.15, -0.1) is 11.3 Å². The van der Waals surface area contributed by atoms with E-state index in [1.54, 1.807) is 11.3 Å². The lowest BCUT2D eigenvalue weighted by molar-refractivity contribution is 0.280. The Balaban J connectivity index is 1.72. The Morgan fingerprint density at radius 2 is 2.25 bits per heavy atom. The van der Waals surface area contributed by atoms with Crippen LogP contribution in [-0.2, 0) is 13.0 Å². The van der Waals surface area contributed by atoms with Crippen LogP contribution in [0.25, 0.3) is 0 Å². The van der Waals surface area contributed by atoms with E-state index in [9.17, 15) is 0 Å². The molecule has 2 aliphatic carbocycles. The fourth-order valence-corrected chi connectivity index (χ4v) is 3.48. The third-order valence-electron chi connectivity index (χ3n) is 3.48. The van der Waals surface area contributed by atoms with E-state index in [2.05, 4.69) is 10.3 Å². The summed E-state index contributed by atoms with van der Waals surface area (Å²) in [6.45, 7) is 1.17. The third-order valence-corrected chi connectivity index (χ3v) is 4.60. The largest absolute Gasteiger partial charge is 0.389 e. The van der Waals surface area contributed by atoms with Gasteiger partial charge in [0.05, 0.1) is 12.3 Å². The summed E-state index contributed by atoms with van der Waals surface area (Å²) in [5.74, 6) is 0.584. The summed E-state index contributed by atoms with van der Waals surface area (Å²) in [6.07, 6.45) is 6.38. The number of aromatic nitrogens is 1. The molecule has 0 spiro atoms. The minimum atomic E-state index is 0.0977. The zero-order valence-corrected chi connectivity index (χ0v) is 10.2. The van der Waals surface area contributed by atoms with Crippen LogP contribution in [0.5, 0.6) is 0 Å². The zero-order chi connectivity index (χ0) is 11.0. The molecule has 1 saturated carbocycles. The third kappa shape index (κ3) is 2.14. The number of rotatable bonds is 4. The minimum absolute atomic E-state index is 0.0977. The fraction of sp³-hybridized carbons (Fsp3) is 0.750. The molecule has 1 unspecified atom stereocenters. The molecular weight excluding hydrogens is 220 g/mol. The summed E-state index contributed by atoms with van der Waals surface area (Å²) < 4.78 is 0. The van der Waals surface area contributed by atoms with Crippen LogP contribution in [0, 0.1) is 0 Å². The summed E-state index contributed by atoms with van der Waals surface area (Å²) in [6, 6.07) is 0.779. The molecule has 0 aliphatic heterocycles.